The molecule has 35 heavy (non-hydrogen) atoms. The molecule has 0 radical (unpaired) electrons. The molecule has 10 nitrogen and oxygen atoms in total. The third kappa shape index (κ3) is 5.18. The van der Waals surface area contributed by atoms with Crippen molar-refractivity contribution in [2.24, 2.45) is 0 Å². The maximum atomic E-state index is 12.4. The number of hydroxylamine groups is 2. The van der Waals surface area contributed by atoms with E-state index in [9.17, 15) is 4.79 Å². The number of ether oxygens (including phenoxy) is 1. The molecule has 3 heterocycles. The molecule has 0 atom stereocenters. The largest absolute Gasteiger partial charge is 0.528 e. The monoisotopic (exact) mass is 500 g/mol. The van der Waals surface area contributed by atoms with Crippen molar-refractivity contribution in [2.45, 2.75) is 83.9 Å². The highest BCUT2D eigenvalue weighted by molar-refractivity contribution is 6.30. The third-order valence-corrected chi connectivity index (χ3v) is 6.53. The lowest BCUT2D eigenvalue weighted by Crippen LogP contribution is -2.31. The molecule has 11 heteroatoms. The number of carbonyl (C=O) groups is 1. The number of carbonyl (C=O) groups excluding carboxylic acids is 1. The van der Waals surface area contributed by atoms with Crippen LogP contribution < -0.4 is 0 Å². The molecule has 186 valence electrons. The van der Waals surface area contributed by atoms with Gasteiger partial charge < -0.3 is 14.1 Å². The molecular weight excluding hydrogens is 472 g/mol. The minimum absolute atomic E-state index is 0.238. The molecule has 5 rings (SSSR count). The summed E-state index contributed by atoms with van der Waals surface area (Å²) >= 11 is 6.33. The average Bonchev–Trinajstić information content (AvgIpc) is 3.36. The minimum Gasteiger partial charge on any atom is -0.427 e. The Hall–Kier alpha value is -2.98. The van der Waals surface area contributed by atoms with Gasteiger partial charge in [-0.2, -0.15) is 4.98 Å². The lowest BCUT2D eigenvalue weighted by molar-refractivity contribution is -0.155. The number of nitrogens with zero attached hydrogens (tertiary/aromatic N) is 6. The van der Waals surface area contributed by atoms with Gasteiger partial charge in [-0.05, 0) is 70.2 Å². The molecule has 0 amide bonds. The Morgan fingerprint density at radius 2 is 1.86 bits per heavy atom. The quantitative estimate of drug-likeness (QED) is 0.446. The van der Waals surface area contributed by atoms with Crippen LogP contribution in [0.25, 0.3) is 5.69 Å². The minimum atomic E-state index is -0.760. The van der Waals surface area contributed by atoms with Crippen molar-refractivity contribution in [3.05, 3.63) is 52.1 Å². The predicted octanol–water partition coefficient (Wildman–Crippen LogP) is 5.24. The van der Waals surface area contributed by atoms with Gasteiger partial charge in [0.25, 0.3) is 0 Å². The lowest BCUT2D eigenvalue weighted by Gasteiger charge is -2.26. The van der Waals surface area contributed by atoms with Gasteiger partial charge in [-0.15, -0.1) is 15.3 Å². The molecule has 1 aromatic carbocycles. The molecule has 0 spiro atoms. The van der Waals surface area contributed by atoms with Gasteiger partial charge in [0.1, 0.15) is 11.4 Å². The summed E-state index contributed by atoms with van der Waals surface area (Å²) < 4.78 is 12.6. The van der Waals surface area contributed by atoms with Gasteiger partial charge in [-0.1, -0.05) is 16.8 Å². The van der Waals surface area contributed by atoms with Crippen molar-refractivity contribution in [3.8, 4) is 5.69 Å². The van der Waals surface area contributed by atoms with E-state index in [1.165, 1.54) is 5.06 Å². The van der Waals surface area contributed by atoms with Gasteiger partial charge >= 0.3 is 6.16 Å². The molecule has 1 aliphatic carbocycles. The van der Waals surface area contributed by atoms with Gasteiger partial charge in [-0.25, -0.2) is 4.79 Å². The van der Waals surface area contributed by atoms with E-state index in [0.717, 1.165) is 48.6 Å². The maximum Gasteiger partial charge on any atom is 0.528 e. The Bertz CT molecular complexity index is 1230. The molecule has 1 fully saturated rings. The SMILES string of the molecule is Cc1nc(C2CCC(c3nnc4n3-c3ccc(Cl)cc3CN(OC(=O)OC(C)(C)C)C4)CC2)no1. The Morgan fingerprint density at radius 1 is 1.11 bits per heavy atom. The Morgan fingerprint density at radius 3 is 2.54 bits per heavy atom. The van der Waals surface area contributed by atoms with Crippen molar-refractivity contribution in [2.75, 3.05) is 0 Å². The normalized spacial score (nSPS) is 20.6. The highest BCUT2D eigenvalue weighted by atomic mass is 35.5. The zero-order valence-corrected chi connectivity index (χ0v) is 21.1. The van der Waals surface area contributed by atoms with Gasteiger partial charge in [0, 0.05) is 23.8 Å². The molecule has 2 aromatic heterocycles. The number of halogens is 1. The molecule has 1 saturated carbocycles. The summed E-state index contributed by atoms with van der Waals surface area (Å²) in [5.41, 5.74) is 1.20. The summed E-state index contributed by atoms with van der Waals surface area (Å²) in [5.74, 6) is 3.52. The van der Waals surface area contributed by atoms with Gasteiger partial charge in [0.15, 0.2) is 11.6 Å². The van der Waals surface area contributed by atoms with E-state index in [-0.39, 0.29) is 12.5 Å². The van der Waals surface area contributed by atoms with Crippen molar-refractivity contribution in [1.82, 2.24) is 30.0 Å². The van der Waals surface area contributed by atoms with Crippen LogP contribution in [0.4, 0.5) is 4.79 Å². The number of hydrogen-bond donors (Lipinski definition) is 0. The van der Waals surface area contributed by atoms with Gasteiger partial charge in [-0.3, -0.25) is 4.57 Å². The van der Waals surface area contributed by atoms with Crippen molar-refractivity contribution >= 4 is 17.8 Å². The zero-order chi connectivity index (χ0) is 24.7. The number of rotatable bonds is 3. The molecule has 0 unspecified atom stereocenters. The van der Waals surface area contributed by atoms with E-state index in [1.807, 2.05) is 25.1 Å². The van der Waals surface area contributed by atoms with E-state index in [1.54, 1.807) is 20.8 Å². The average molecular weight is 501 g/mol. The first-order valence-corrected chi connectivity index (χ1v) is 12.2. The molecular formula is C24H29ClN6O4. The highest BCUT2D eigenvalue weighted by Gasteiger charge is 2.33. The van der Waals surface area contributed by atoms with Crippen LogP contribution in [0.15, 0.2) is 22.7 Å². The first-order chi connectivity index (χ1) is 16.7. The summed E-state index contributed by atoms with van der Waals surface area (Å²) in [6.07, 6.45) is 3.03. The van der Waals surface area contributed by atoms with Crippen LogP contribution in [-0.2, 0) is 22.7 Å². The van der Waals surface area contributed by atoms with E-state index in [2.05, 4.69) is 24.9 Å². The van der Waals surface area contributed by atoms with Crippen LogP contribution in [0.2, 0.25) is 5.02 Å². The topological polar surface area (TPSA) is 108 Å². The summed E-state index contributed by atoms with van der Waals surface area (Å²) in [7, 11) is 0. The van der Waals surface area contributed by atoms with Crippen LogP contribution in [0.5, 0.6) is 0 Å². The van der Waals surface area contributed by atoms with Crippen molar-refractivity contribution in [3.63, 3.8) is 0 Å². The van der Waals surface area contributed by atoms with Crippen LogP contribution in [0.1, 0.15) is 87.2 Å². The summed E-state index contributed by atoms with van der Waals surface area (Å²) in [5, 5.41) is 15.3. The summed E-state index contributed by atoms with van der Waals surface area (Å²) in [4.78, 5) is 22.3. The Balaban J connectivity index is 1.40. The lowest BCUT2D eigenvalue weighted by atomic mass is 9.81. The number of benzene rings is 1. The van der Waals surface area contributed by atoms with Gasteiger partial charge in [0.05, 0.1) is 18.8 Å². The third-order valence-electron chi connectivity index (χ3n) is 6.30. The summed E-state index contributed by atoms with van der Waals surface area (Å²) in [6.45, 7) is 7.82. The second-order valence-electron chi connectivity index (χ2n) is 10.2. The van der Waals surface area contributed by atoms with Crippen LogP contribution >= 0.6 is 11.6 Å². The van der Waals surface area contributed by atoms with E-state index < -0.39 is 11.8 Å². The second kappa shape index (κ2) is 9.23. The fourth-order valence-electron chi connectivity index (χ4n) is 4.79. The zero-order valence-electron chi connectivity index (χ0n) is 20.3. The smallest absolute Gasteiger partial charge is 0.427 e. The molecule has 3 aromatic rings. The number of aromatic nitrogens is 5. The molecule has 2 aliphatic rings. The molecule has 0 bridgehead atoms. The highest BCUT2D eigenvalue weighted by Crippen LogP contribution is 2.40. The molecule has 1 aliphatic heterocycles. The fourth-order valence-corrected chi connectivity index (χ4v) is 4.99. The summed E-state index contributed by atoms with van der Waals surface area (Å²) in [6, 6.07) is 5.71. The predicted molar refractivity (Wildman–Crippen MR) is 126 cm³/mol. The standard InChI is InChI=1S/C24H29ClN6O4/c1-14-26-21(29-34-14)15-5-7-16(8-6-15)22-28-27-20-13-30(35-23(32)33-24(2,3)4)12-17-11-18(25)9-10-19(17)31(20)22/h9-11,15-16H,5-8,12-13H2,1-4H3. The van der Waals surface area contributed by atoms with E-state index >= 15 is 0 Å². The number of fused-ring (bicyclic) bond motifs is 3. The molecule has 0 saturated heterocycles. The Labute approximate surface area is 208 Å². The fraction of sp³-hybridized carbons (Fsp3) is 0.542. The number of aryl methyl sites for hydroxylation is 1. The Kier molecular flexibility index (Phi) is 6.27. The van der Waals surface area contributed by atoms with Crippen LogP contribution in [-0.4, -0.2) is 41.7 Å². The van der Waals surface area contributed by atoms with Crippen molar-refractivity contribution in [1.29, 1.82) is 0 Å². The number of hydrogen-bond acceptors (Lipinski definition) is 9. The first-order valence-electron chi connectivity index (χ1n) is 11.9. The first kappa shape index (κ1) is 23.7. The van der Waals surface area contributed by atoms with Crippen LogP contribution in [0.3, 0.4) is 0 Å². The van der Waals surface area contributed by atoms with E-state index in [4.69, 9.17) is 25.7 Å². The second-order valence-corrected chi connectivity index (χ2v) is 10.6. The van der Waals surface area contributed by atoms with Crippen LogP contribution in [0, 0.1) is 6.92 Å². The van der Waals surface area contributed by atoms with E-state index in [0.29, 0.717) is 29.2 Å². The molecule has 0 N–H and O–H groups in total. The maximum absolute atomic E-state index is 12.4. The van der Waals surface area contributed by atoms with Gasteiger partial charge in [0.2, 0.25) is 5.89 Å². The van der Waals surface area contributed by atoms with Crippen molar-refractivity contribution < 1.29 is 18.9 Å².